The Bertz CT molecular complexity index is 893. The van der Waals surface area contributed by atoms with Gasteiger partial charge in [-0.3, -0.25) is 9.55 Å². The minimum Gasteiger partial charge on any atom is -0.372 e. The van der Waals surface area contributed by atoms with Crippen LogP contribution in [0.2, 0.25) is 0 Å². The van der Waals surface area contributed by atoms with Gasteiger partial charge >= 0.3 is 11.4 Å². The van der Waals surface area contributed by atoms with Crippen molar-refractivity contribution >= 4 is 10.9 Å². The van der Waals surface area contributed by atoms with Crippen molar-refractivity contribution in [3.8, 4) is 0 Å². The Kier molecular flexibility index (Phi) is 2.95. The Morgan fingerprint density at radius 3 is 2.80 bits per heavy atom. The fourth-order valence-corrected chi connectivity index (χ4v) is 2.20. The molecular weight excluding hydrogens is 256 g/mol. The molecule has 5 heteroatoms. The number of pyridine rings is 1. The lowest BCUT2D eigenvalue weighted by molar-refractivity contribution is 0.425. The zero-order valence-electron chi connectivity index (χ0n) is 10.9. The third-order valence-corrected chi connectivity index (χ3v) is 3.12. The molecule has 0 atom stereocenters. The van der Waals surface area contributed by atoms with Crippen LogP contribution in [0, 0.1) is 6.92 Å². The van der Waals surface area contributed by atoms with Crippen molar-refractivity contribution in [1.29, 1.82) is 0 Å². The topological polar surface area (TPSA) is 65.1 Å². The van der Waals surface area contributed by atoms with Gasteiger partial charge in [-0.1, -0.05) is 12.1 Å². The summed E-state index contributed by atoms with van der Waals surface area (Å²) in [7, 11) is 0. The lowest BCUT2D eigenvalue weighted by atomic mass is 10.2. The first-order valence-corrected chi connectivity index (χ1v) is 6.19. The molecule has 2 heterocycles. The van der Waals surface area contributed by atoms with Crippen molar-refractivity contribution in [2.24, 2.45) is 0 Å². The summed E-state index contributed by atoms with van der Waals surface area (Å²) in [4.78, 5) is 27.7. The first kappa shape index (κ1) is 12.3. The molecule has 0 amide bonds. The van der Waals surface area contributed by atoms with Gasteiger partial charge in [0.25, 0.3) is 0 Å². The molecule has 2 aromatic heterocycles. The van der Waals surface area contributed by atoms with E-state index in [0.717, 1.165) is 11.3 Å². The lowest BCUT2D eigenvalue weighted by Gasteiger charge is -2.08. The van der Waals surface area contributed by atoms with E-state index < -0.39 is 11.4 Å². The largest absolute Gasteiger partial charge is 0.422 e. The van der Waals surface area contributed by atoms with Crippen LogP contribution >= 0.6 is 0 Å². The fraction of sp³-hybridized carbons (Fsp3) is 0.133. The van der Waals surface area contributed by atoms with Gasteiger partial charge in [0.2, 0.25) is 0 Å². The van der Waals surface area contributed by atoms with E-state index in [4.69, 9.17) is 4.42 Å². The van der Waals surface area contributed by atoms with Gasteiger partial charge in [0.15, 0.2) is 0 Å². The summed E-state index contributed by atoms with van der Waals surface area (Å²) in [6.45, 7) is 2.22. The first-order chi connectivity index (χ1) is 9.65. The monoisotopic (exact) mass is 268 g/mol. The number of aryl methyl sites for hydroxylation is 1. The molecule has 0 aliphatic carbocycles. The van der Waals surface area contributed by atoms with E-state index in [1.807, 2.05) is 19.1 Å². The summed E-state index contributed by atoms with van der Waals surface area (Å²) >= 11 is 0. The zero-order valence-corrected chi connectivity index (χ0v) is 10.9. The van der Waals surface area contributed by atoms with E-state index in [1.165, 1.54) is 4.57 Å². The standard InChI is InChI=1S/C15H12N2O3/c1-10-8-11(6-7-16-10)9-17-13-5-3-2-4-12(13)14(18)20-15(17)19/h2-8H,9H2,1H3. The van der Waals surface area contributed by atoms with Gasteiger partial charge in [0.05, 0.1) is 17.4 Å². The molecule has 0 N–H and O–H groups in total. The van der Waals surface area contributed by atoms with Crippen LogP contribution in [0.3, 0.4) is 0 Å². The number of hydrogen-bond acceptors (Lipinski definition) is 4. The second-order valence-electron chi connectivity index (χ2n) is 4.56. The molecule has 5 nitrogen and oxygen atoms in total. The molecular formula is C15H12N2O3. The minimum absolute atomic E-state index is 0.340. The van der Waals surface area contributed by atoms with Crippen molar-refractivity contribution < 1.29 is 4.42 Å². The number of hydrogen-bond donors (Lipinski definition) is 0. The van der Waals surface area contributed by atoms with E-state index in [2.05, 4.69) is 4.98 Å². The number of rotatable bonds is 2. The molecule has 0 saturated heterocycles. The third-order valence-electron chi connectivity index (χ3n) is 3.12. The maximum atomic E-state index is 11.9. The molecule has 0 aliphatic rings. The summed E-state index contributed by atoms with van der Waals surface area (Å²) in [5.41, 5.74) is 1.77. The molecule has 20 heavy (non-hydrogen) atoms. The number of aromatic nitrogens is 2. The van der Waals surface area contributed by atoms with E-state index in [-0.39, 0.29) is 0 Å². The van der Waals surface area contributed by atoms with Gasteiger partial charge in [-0.05, 0) is 36.8 Å². The SMILES string of the molecule is Cc1cc(Cn2c(=O)oc(=O)c3ccccc32)ccn1. The Hall–Kier alpha value is -2.69. The first-order valence-electron chi connectivity index (χ1n) is 6.19. The molecule has 0 unspecified atom stereocenters. The molecule has 0 fully saturated rings. The molecule has 3 rings (SSSR count). The molecule has 1 aromatic carbocycles. The van der Waals surface area contributed by atoms with E-state index in [0.29, 0.717) is 17.4 Å². The zero-order chi connectivity index (χ0) is 14.1. The highest BCUT2D eigenvalue weighted by atomic mass is 16.4. The molecule has 100 valence electrons. The number of fused-ring (bicyclic) bond motifs is 1. The van der Waals surface area contributed by atoms with Crippen LogP contribution in [-0.2, 0) is 6.54 Å². The van der Waals surface area contributed by atoms with E-state index in [9.17, 15) is 9.59 Å². The van der Waals surface area contributed by atoms with Crippen molar-refractivity contribution in [3.63, 3.8) is 0 Å². The van der Waals surface area contributed by atoms with Crippen LogP contribution in [0.5, 0.6) is 0 Å². The second-order valence-corrected chi connectivity index (χ2v) is 4.56. The average Bonchev–Trinajstić information content (AvgIpc) is 2.43. The van der Waals surface area contributed by atoms with Crippen LogP contribution in [0.1, 0.15) is 11.3 Å². The summed E-state index contributed by atoms with van der Waals surface area (Å²) in [6, 6.07) is 10.6. The lowest BCUT2D eigenvalue weighted by Crippen LogP contribution is -2.25. The summed E-state index contributed by atoms with van der Waals surface area (Å²) in [6.07, 6.45) is 1.69. The quantitative estimate of drug-likeness (QED) is 0.709. The van der Waals surface area contributed by atoms with E-state index in [1.54, 1.807) is 30.5 Å². The normalized spacial score (nSPS) is 10.8. The molecule has 3 aromatic rings. The number of para-hydroxylation sites is 1. The Morgan fingerprint density at radius 2 is 2.00 bits per heavy atom. The number of benzene rings is 1. The van der Waals surface area contributed by atoms with Crippen molar-refractivity contribution in [3.05, 3.63) is 74.8 Å². The Balaban J connectivity index is 2.21. The molecule has 0 bridgehead atoms. The molecule has 0 saturated carbocycles. The molecule has 0 aliphatic heterocycles. The predicted molar refractivity (Wildman–Crippen MR) is 74.8 cm³/mol. The smallest absolute Gasteiger partial charge is 0.372 e. The Labute approximate surface area is 114 Å². The fourth-order valence-electron chi connectivity index (χ4n) is 2.20. The van der Waals surface area contributed by atoms with Crippen LogP contribution in [0.4, 0.5) is 0 Å². The van der Waals surface area contributed by atoms with Gasteiger partial charge in [0.1, 0.15) is 0 Å². The van der Waals surface area contributed by atoms with Crippen LogP contribution < -0.4 is 11.4 Å². The van der Waals surface area contributed by atoms with Gasteiger partial charge in [-0.2, -0.15) is 0 Å². The summed E-state index contributed by atoms with van der Waals surface area (Å²) in [5.74, 6) is -0.650. The summed E-state index contributed by atoms with van der Waals surface area (Å²) in [5, 5.41) is 0.401. The maximum absolute atomic E-state index is 11.9. The number of nitrogens with zero attached hydrogens (tertiary/aromatic N) is 2. The Morgan fingerprint density at radius 1 is 1.20 bits per heavy atom. The summed E-state index contributed by atoms with van der Waals surface area (Å²) < 4.78 is 6.21. The predicted octanol–water partition coefficient (Wildman–Crippen LogP) is 1.71. The van der Waals surface area contributed by atoms with E-state index >= 15 is 0 Å². The van der Waals surface area contributed by atoms with Crippen LogP contribution in [0.25, 0.3) is 10.9 Å². The van der Waals surface area contributed by atoms with Gasteiger partial charge < -0.3 is 4.42 Å². The highest BCUT2D eigenvalue weighted by molar-refractivity contribution is 5.77. The van der Waals surface area contributed by atoms with Gasteiger partial charge in [-0.15, -0.1) is 0 Å². The second kappa shape index (κ2) is 4.77. The van der Waals surface area contributed by atoms with Crippen molar-refractivity contribution in [1.82, 2.24) is 9.55 Å². The van der Waals surface area contributed by atoms with Crippen molar-refractivity contribution in [2.75, 3.05) is 0 Å². The minimum atomic E-state index is -0.650. The van der Waals surface area contributed by atoms with Gasteiger partial charge in [0, 0.05) is 11.9 Å². The molecule has 0 spiro atoms. The third kappa shape index (κ3) is 2.14. The highest BCUT2D eigenvalue weighted by Gasteiger charge is 2.09. The van der Waals surface area contributed by atoms with Crippen LogP contribution in [0.15, 0.2) is 56.6 Å². The average molecular weight is 268 g/mol. The maximum Gasteiger partial charge on any atom is 0.422 e. The van der Waals surface area contributed by atoms with Crippen LogP contribution in [-0.4, -0.2) is 9.55 Å². The molecule has 0 radical (unpaired) electrons. The van der Waals surface area contributed by atoms with Gasteiger partial charge in [-0.25, -0.2) is 9.59 Å². The highest BCUT2D eigenvalue weighted by Crippen LogP contribution is 2.10. The van der Waals surface area contributed by atoms with Crippen molar-refractivity contribution in [2.45, 2.75) is 13.5 Å².